The highest BCUT2D eigenvalue weighted by Gasteiger charge is 2.15. The molecule has 2 aromatic carbocycles. The van der Waals surface area contributed by atoms with E-state index in [9.17, 15) is 9.90 Å². The Kier molecular flexibility index (Phi) is 4.33. The van der Waals surface area contributed by atoms with Crippen LogP contribution in [0.25, 0.3) is 10.9 Å². The van der Waals surface area contributed by atoms with Gasteiger partial charge in [-0.05, 0) is 51.8 Å². The maximum atomic E-state index is 12.5. The van der Waals surface area contributed by atoms with E-state index in [-0.39, 0.29) is 15.8 Å². The molecule has 6 heteroatoms. The minimum Gasteiger partial charge on any atom is -0.506 e. The van der Waals surface area contributed by atoms with E-state index >= 15 is 0 Å². The fraction of sp³-hybridized carbons (Fsp3) is 0.118. The van der Waals surface area contributed by atoms with Crippen molar-refractivity contribution in [3.05, 3.63) is 67.9 Å². The Bertz CT molecular complexity index is 935. The number of methoxy groups -OCH3 is 1. The Morgan fingerprint density at radius 1 is 1.22 bits per heavy atom. The van der Waals surface area contributed by atoms with Crippen LogP contribution in [0.2, 0.25) is 5.02 Å². The average molecular weight is 395 g/mol. The highest BCUT2D eigenvalue weighted by molar-refractivity contribution is 9.10. The van der Waals surface area contributed by atoms with Crippen molar-refractivity contribution in [3.63, 3.8) is 0 Å². The molecule has 0 saturated heterocycles. The van der Waals surface area contributed by atoms with Gasteiger partial charge in [0.1, 0.15) is 16.0 Å². The molecule has 0 spiro atoms. The summed E-state index contributed by atoms with van der Waals surface area (Å²) >= 11 is 9.17. The van der Waals surface area contributed by atoms with Crippen LogP contribution in [0.15, 0.2) is 51.7 Å². The van der Waals surface area contributed by atoms with Crippen molar-refractivity contribution >= 4 is 38.4 Å². The van der Waals surface area contributed by atoms with Gasteiger partial charge in [-0.2, -0.15) is 0 Å². The third kappa shape index (κ3) is 2.94. The van der Waals surface area contributed by atoms with E-state index in [1.54, 1.807) is 29.9 Å². The first-order valence-electron chi connectivity index (χ1n) is 6.84. The average Bonchev–Trinajstić information content (AvgIpc) is 2.57. The first-order valence-corrected chi connectivity index (χ1v) is 8.02. The van der Waals surface area contributed by atoms with E-state index in [1.807, 2.05) is 24.3 Å². The third-order valence-corrected chi connectivity index (χ3v) is 4.59. The standard InChI is InChI=1S/C17H13BrClNO3/c1-23-12-5-2-10(3-6-12)9-20-14-7-4-11(19)8-13(14)16(21)15(18)17(20)22/h2-8,21H,9H2,1H3. The van der Waals surface area contributed by atoms with Gasteiger partial charge in [0, 0.05) is 10.4 Å². The second-order valence-corrected chi connectivity index (χ2v) is 6.29. The number of fused-ring (bicyclic) bond motifs is 1. The fourth-order valence-electron chi connectivity index (χ4n) is 2.45. The number of hydrogen-bond donors (Lipinski definition) is 1. The molecular formula is C17H13BrClNO3. The summed E-state index contributed by atoms with van der Waals surface area (Å²) in [4.78, 5) is 12.5. The molecule has 3 aromatic rings. The van der Waals surface area contributed by atoms with Crippen molar-refractivity contribution in [1.29, 1.82) is 0 Å². The monoisotopic (exact) mass is 393 g/mol. The molecule has 1 N–H and O–H groups in total. The van der Waals surface area contributed by atoms with Crippen LogP contribution in [0.1, 0.15) is 5.56 Å². The zero-order valence-corrected chi connectivity index (χ0v) is 14.6. The second-order valence-electron chi connectivity index (χ2n) is 5.06. The lowest BCUT2D eigenvalue weighted by molar-refractivity contribution is 0.414. The zero-order valence-electron chi connectivity index (χ0n) is 12.2. The molecule has 4 nitrogen and oxygen atoms in total. The summed E-state index contributed by atoms with van der Waals surface area (Å²) in [5.41, 5.74) is 1.27. The Morgan fingerprint density at radius 3 is 2.57 bits per heavy atom. The Morgan fingerprint density at radius 2 is 1.91 bits per heavy atom. The van der Waals surface area contributed by atoms with E-state index in [2.05, 4.69) is 15.9 Å². The van der Waals surface area contributed by atoms with Crippen molar-refractivity contribution in [1.82, 2.24) is 4.57 Å². The van der Waals surface area contributed by atoms with E-state index in [0.29, 0.717) is 22.5 Å². The summed E-state index contributed by atoms with van der Waals surface area (Å²) in [7, 11) is 1.60. The van der Waals surface area contributed by atoms with Crippen LogP contribution in [0.3, 0.4) is 0 Å². The quantitative estimate of drug-likeness (QED) is 0.725. The molecule has 3 rings (SSSR count). The third-order valence-electron chi connectivity index (χ3n) is 3.65. The molecule has 0 unspecified atom stereocenters. The number of hydrogen-bond acceptors (Lipinski definition) is 3. The molecule has 0 saturated carbocycles. The minimum atomic E-state index is -0.298. The highest BCUT2D eigenvalue weighted by Crippen LogP contribution is 2.31. The number of ether oxygens (including phenoxy) is 1. The summed E-state index contributed by atoms with van der Waals surface area (Å²) in [5.74, 6) is 0.656. The number of pyridine rings is 1. The molecule has 23 heavy (non-hydrogen) atoms. The summed E-state index contributed by atoms with van der Waals surface area (Å²) < 4.78 is 6.86. The number of rotatable bonds is 3. The lowest BCUT2D eigenvalue weighted by Gasteiger charge is -2.13. The van der Waals surface area contributed by atoms with Crippen LogP contribution in [0.4, 0.5) is 0 Å². The van der Waals surface area contributed by atoms with Gasteiger partial charge in [-0.1, -0.05) is 23.7 Å². The van der Waals surface area contributed by atoms with Gasteiger partial charge in [-0.3, -0.25) is 4.79 Å². The van der Waals surface area contributed by atoms with Gasteiger partial charge in [-0.15, -0.1) is 0 Å². The van der Waals surface area contributed by atoms with Crippen molar-refractivity contribution in [2.75, 3.05) is 7.11 Å². The van der Waals surface area contributed by atoms with E-state index in [4.69, 9.17) is 16.3 Å². The molecule has 0 aliphatic heterocycles. The molecule has 0 bridgehead atoms. The molecule has 1 aromatic heterocycles. The van der Waals surface area contributed by atoms with Gasteiger partial charge in [0.15, 0.2) is 0 Å². The van der Waals surface area contributed by atoms with Crippen LogP contribution >= 0.6 is 27.5 Å². The van der Waals surface area contributed by atoms with Crippen LogP contribution in [-0.2, 0) is 6.54 Å². The molecule has 0 aliphatic carbocycles. The smallest absolute Gasteiger partial charge is 0.269 e. The van der Waals surface area contributed by atoms with Crippen LogP contribution < -0.4 is 10.3 Å². The Hall–Kier alpha value is -1.98. The minimum absolute atomic E-state index is 0.0986. The summed E-state index contributed by atoms with van der Waals surface area (Å²) in [6.07, 6.45) is 0. The maximum Gasteiger partial charge on any atom is 0.269 e. The van der Waals surface area contributed by atoms with Crippen LogP contribution in [0.5, 0.6) is 11.5 Å². The number of aromatic nitrogens is 1. The fourth-order valence-corrected chi connectivity index (χ4v) is 3.05. The molecule has 0 amide bonds. The number of aromatic hydroxyl groups is 1. The van der Waals surface area contributed by atoms with Crippen LogP contribution in [-0.4, -0.2) is 16.8 Å². The van der Waals surface area contributed by atoms with E-state index in [0.717, 1.165) is 11.3 Å². The summed E-state index contributed by atoms with van der Waals surface area (Å²) in [6, 6.07) is 12.5. The zero-order chi connectivity index (χ0) is 16.6. The first kappa shape index (κ1) is 15.9. The topological polar surface area (TPSA) is 51.5 Å². The van der Waals surface area contributed by atoms with Crippen molar-refractivity contribution in [2.24, 2.45) is 0 Å². The van der Waals surface area contributed by atoms with Gasteiger partial charge in [0.25, 0.3) is 5.56 Å². The predicted molar refractivity (Wildman–Crippen MR) is 94.7 cm³/mol. The number of benzene rings is 2. The van der Waals surface area contributed by atoms with E-state index < -0.39 is 0 Å². The van der Waals surface area contributed by atoms with Gasteiger partial charge < -0.3 is 14.4 Å². The van der Waals surface area contributed by atoms with Crippen molar-refractivity contribution < 1.29 is 9.84 Å². The van der Waals surface area contributed by atoms with Crippen molar-refractivity contribution in [2.45, 2.75) is 6.54 Å². The molecule has 0 atom stereocenters. The van der Waals surface area contributed by atoms with Gasteiger partial charge in [-0.25, -0.2) is 0 Å². The predicted octanol–water partition coefficient (Wildman–Crippen LogP) is 4.18. The van der Waals surface area contributed by atoms with Gasteiger partial charge in [0.2, 0.25) is 0 Å². The first-order chi connectivity index (χ1) is 11.0. The lowest BCUT2D eigenvalue weighted by atomic mass is 10.1. The molecule has 0 fully saturated rings. The largest absolute Gasteiger partial charge is 0.506 e. The highest BCUT2D eigenvalue weighted by atomic mass is 79.9. The normalized spacial score (nSPS) is 10.9. The molecule has 0 radical (unpaired) electrons. The SMILES string of the molecule is COc1ccc(Cn2c(=O)c(Br)c(O)c3cc(Cl)ccc32)cc1. The molecular weight excluding hydrogens is 382 g/mol. The maximum absolute atomic E-state index is 12.5. The molecule has 118 valence electrons. The number of halogens is 2. The molecule has 1 heterocycles. The van der Waals surface area contributed by atoms with Gasteiger partial charge >= 0.3 is 0 Å². The van der Waals surface area contributed by atoms with Crippen LogP contribution in [0, 0.1) is 0 Å². The van der Waals surface area contributed by atoms with Gasteiger partial charge in [0.05, 0.1) is 19.2 Å². The lowest BCUT2D eigenvalue weighted by Crippen LogP contribution is -2.22. The number of nitrogens with zero attached hydrogens (tertiary/aromatic N) is 1. The van der Waals surface area contributed by atoms with Crippen molar-refractivity contribution in [3.8, 4) is 11.5 Å². The molecule has 0 aliphatic rings. The van der Waals surface area contributed by atoms with E-state index in [1.165, 1.54) is 0 Å². The summed E-state index contributed by atoms with van der Waals surface area (Å²) in [5, 5.41) is 11.2. The second kappa shape index (κ2) is 6.26. The Labute approximate surface area is 146 Å². The Balaban J connectivity index is 2.17. The summed E-state index contributed by atoms with van der Waals surface area (Å²) in [6.45, 7) is 0.375.